The third-order valence-electron chi connectivity index (χ3n) is 4.84. The number of amides is 1. The van der Waals surface area contributed by atoms with Gasteiger partial charge in [0.05, 0.1) is 6.07 Å². The van der Waals surface area contributed by atoms with E-state index in [0.717, 1.165) is 32.5 Å². The van der Waals surface area contributed by atoms with E-state index in [-0.39, 0.29) is 11.9 Å². The van der Waals surface area contributed by atoms with Crippen molar-refractivity contribution in [1.82, 2.24) is 9.80 Å². The molecule has 2 aliphatic heterocycles. The first-order chi connectivity index (χ1) is 9.63. The molecule has 0 aromatic rings. The Bertz CT molecular complexity index is 377. The van der Waals surface area contributed by atoms with E-state index >= 15 is 0 Å². The van der Waals surface area contributed by atoms with Crippen LogP contribution in [0.4, 0.5) is 0 Å². The standard InChI is InChI=1S/C15H25N3O2/c1-3-18-8-4-13(5-9-18)17(2)14(19)15(12-16)6-10-20-11-7-15/h13H,3-11H2,1-2H3. The summed E-state index contributed by atoms with van der Waals surface area (Å²) in [6.45, 7) is 6.36. The Morgan fingerprint density at radius 1 is 1.40 bits per heavy atom. The van der Waals surface area contributed by atoms with Crippen molar-refractivity contribution in [2.45, 2.75) is 38.6 Å². The Labute approximate surface area is 121 Å². The predicted octanol–water partition coefficient (Wildman–Crippen LogP) is 1.25. The number of piperidine rings is 1. The van der Waals surface area contributed by atoms with E-state index in [4.69, 9.17) is 4.74 Å². The molecular weight excluding hydrogens is 254 g/mol. The monoisotopic (exact) mass is 279 g/mol. The van der Waals surface area contributed by atoms with Crippen molar-refractivity contribution in [3.8, 4) is 6.07 Å². The van der Waals surface area contributed by atoms with Crippen LogP contribution in [-0.2, 0) is 9.53 Å². The molecule has 0 aromatic heterocycles. The van der Waals surface area contributed by atoms with Crippen LogP contribution in [0.2, 0.25) is 0 Å². The smallest absolute Gasteiger partial charge is 0.243 e. The first-order valence-corrected chi connectivity index (χ1v) is 7.61. The molecule has 0 aromatic carbocycles. The Balaban J connectivity index is 1.99. The highest BCUT2D eigenvalue weighted by molar-refractivity contribution is 5.85. The lowest BCUT2D eigenvalue weighted by Gasteiger charge is -2.40. The zero-order valence-corrected chi connectivity index (χ0v) is 12.6. The van der Waals surface area contributed by atoms with Gasteiger partial charge in [0.15, 0.2) is 0 Å². The summed E-state index contributed by atoms with van der Waals surface area (Å²) in [5, 5.41) is 9.48. The molecule has 5 heteroatoms. The number of rotatable bonds is 3. The second-order valence-corrected chi connectivity index (χ2v) is 5.89. The van der Waals surface area contributed by atoms with E-state index < -0.39 is 5.41 Å². The molecular formula is C15H25N3O2. The molecule has 0 bridgehead atoms. The number of nitriles is 1. The molecule has 0 radical (unpaired) electrons. The molecule has 0 spiro atoms. The average molecular weight is 279 g/mol. The van der Waals surface area contributed by atoms with Gasteiger partial charge in [0.2, 0.25) is 5.91 Å². The third-order valence-corrected chi connectivity index (χ3v) is 4.84. The maximum absolute atomic E-state index is 12.7. The first-order valence-electron chi connectivity index (χ1n) is 7.61. The SMILES string of the molecule is CCN1CCC(N(C)C(=O)C2(C#N)CCOCC2)CC1. The second kappa shape index (κ2) is 6.55. The van der Waals surface area contributed by atoms with Gasteiger partial charge in [0, 0.05) is 39.4 Å². The minimum Gasteiger partial charge on any atom is -0.381 e. The molecule has 2 fully saturated rings. The molecule has 0 saturated carbocycles. The molecule has 2 heterocycles. The Hall–Kier alpha value is -1.12. The van der Waals surface area contributed by atoms with E-state index in [0.29, 0.717) is 26.1 Å². The van der Waals surface area contributed by atoms with Gasteiger partial charge in [-0.05, 0) is 32.2 Å². The molecule has 2 saturated heterocycles. The zero-order chi connectivity index (χ0) is 14.6. The number of ether oxygens (including phenoxy) is 1. The molecule has 0 atom stereocenters. The van der Waals surface area contributed by atoms with Crippen molar-refractivity contribution in [1.29, 1.82) is 5.26 Å². The van der Waals surface area contributed by atoms with Crippen LogP contribution in [0, 0.1) is 16.7 Å². The molecule has 2 rings (SSSR count). The molecule has 112 valence electrons. The summed E-state index contributed by atoms with van der Waals surface area (Å²) in [7, 11) is 1.86. The molecule has 0 aliphatic carbocycles. The van der Waals surface area contributed by atoms with Crippen molar-refractivity contribution in [2.24, 2.45) is 5.41 Å². The first kappa shape index (κ1) is 15.3. The summed E-state index contributed by atoms with van der Waals surface area (Å²) >= 11 is 0. The lowest BCUT2D eigenvalue weighted by molar-refractivity contribution is -0.145. The molecule has 0 N–H and O–H groups in total. The lowest BCUT2D eigenvalue weighted by atomic mass is 9.80. The number of nitrogens with zero attached hydrogens (tertiary/aromatic N) is 3. The Kier molecular flexibility index (Phi) is 5.00. The fourth-order valence-corrected chi connectivity index (χ4v) is 3.22. The Morgan fingerprint density at radius 3 is 2.50 bits per heavy atom. The van der Waals surface area contributed by atoms with E-state index in [9.17, 15) is 10.1 Å². The molecule has 0 unspecified atom stereocenters. The number of likely N-dealkylation sites (tertiary alicyclic amines) is 1. The highest BCUT2D eigenvalue weighted by Crippen LogP contribution is 2.33. The summed E-state index contributed by atoms with van der Waals surface area (Å²) < 4.78 is 5.30. The number of hydrogen-bond donors (Lipinski definition) is 0. The molecule has 2 aliphatic rings. The van der Waals surface area contributed by atoms with Crippen LogP contribution in [0.1, 0.15) is 32.6 Å². The lowest BCUT2D eigenvalue weighted by Crippen LogP contribution is -2.51. The van der Waals surface area contributed by atoms with Gasteiger partial charge in [0.1, 0.15) is 5.41 Å². The highest BCUT2D eigenvalue weighted by Gasteiger charge is 2.43. The fraction of sp³-hybridized carbons (Fsp3) is 0.867. The van der Waals surface area contributed by atoms with Crippen molar-refractivity contribution in [3.05, 3.63) is 0 Å². The van der Waals surface area contributed by atoms with Crippen LogP contribution >= 0.6 is 0 Å². The summed E-state index contributed by atoms with van der Waals surface area (Å²) in [5.41, 5.74) is -0.852. The molecule has 1 amide bonds. The van der Waals surface area contributed by atoms with Crippen molar-refractivity contribution in [2.75, 3.05) is 39.9 Å². The van der Waals surface area contributed by atoms with E-state index in [1.165, 1.54) is 0 Å². The highest BCUT2D eigenvalue weighted by atomic mass is 16.5. The van der Waals surface area contributed by atoms with Gasteiger partial charge in [-0.15, -0.1) is 0 Å². The summed E-state index contributed by atoms with van der Waals surface area (Å²) in [6.07, 6.45) is 3.07. The van der Waals surface area contributed by atoms with Crippen LogP contribution in [0.25, 0.3) is 0 Å². The zero-order valence-electron chi connectivity index (χ0n) is 12.6. The topological polar surface area (TPSA) is 56.6 Å². The van der Waals surface area contributed by atoms with Gasteiger partial charge in [-0.25, -0.2) is 0 Å². The largest absolute Gasteiger partial charge is 0.381 e. The average Bonchev–Trinajstić information content (AvgIpc) is 2.54. The van der Waals surface area contributed by atoms with Crippen LogP contribution < -0.4 is 0 Å². The summed E-state index contributed by atoms with van der Waals surface area (Å²) in [6, 6.07) is 2.55. The maximum atomic E-state index is 12.7. The van der Waals surface area contributed by atoms with Gasteiger partial charge in [-0.1, -0.05) is 6.92 Å². The number of carbonyl (C=O) groups is 1. The maximum Gasteiger partial charge on any atom is 0.243 e. The van der Waals surface area contributed by atoms with Crippen molar-refractivity contribution >= 4 is 5.91 Å². The van der Waals surface area contributed by atoms with E-state index in [1.54, 1.807) is 0 Å². The van der Waals surface area contributed by atoms with Crippen molar-refractivity contribution < 1.29 is 9.53 Å². The van der Waals surface area contributed by atoms with Crippen LogP contribution in [0.3, 0.4) is 0 Å². The van der Waals surface area contributed by atoms with Gasteiger partial charge in [-0.3, -0.25) is 4.79 Å². The quantitative estimate of drug-likeness (QED) is 0.780. The van der Waals surface area contributed by atoms with Gasteiger partial charge >= 0.3 is 0 Å². The fourth-order valence-electron chi connectivity index (χ4n) is 3.22. The minimum absolute atomic E-state index is 0.00162. The van der Waals surface area contributed by atoms with Crippen LogP contribution in [0.5, 0.6) is 0 Å². The normalized spacial score (nSPS) is 24.1. The van der Waals surface area contributed by atoms with E-state index in [2.05, 4.69) is 17.9 Å². The number of carbonyl (C=O) groups excluding carboxylic acids is 1. The second-order valence-electron chi connectivity index (χ2n) is 5.89. The summed E-state index contributed by atoms with van der Waals surface area (Å²) in [4.78, 5) is 17.0. The van der Waals surface area contributed by atoms with Gasteiger partial charge < -0.3 is 14.5 Å². The van der Waals surface area contributed by atoms with Crippen LogP contribution in [-0.4, -0.2) is 61.6 Å². The van der Waals surface area contributed by atoms with Gasteiger partial charge in [0.25, 0.3) is 0 Å². The third kappa shape index (κ3) is 2.97. The van der Waals surface area contributed by atoms with Crippen molar-refractivity contribution in [3.63, 3.8) is 0 Å². The molecule has 5 nitrogen and oxygen atoms in total. The summed E-state index contributed by atoms with van der Waals surface area (Å²) in [5.74, 6) is -0.00162. The minimum atomic E-state index is -0.852. The van der Waals surface area contributed by atoms with E-state index in [1.807, 2.05) is 11.9 Å². The Morgan fingerprint density at radius 2 is 2.00 bits per heavy atom. The number of hydrogen-bond acceptors (Lipinski definition) is 4. The van der Waals surface area contributed by atoms with Crippen LogP contribution in [0.15, 0.2) is 0 Å². The van der Waals surface area contributed by atoms with Gasteiger partial charge in [-0.2, -0.15) is 5.26 Å². The predicted molar refractivity (Wildman–Crippen MR) is 76.0 cm³/mol. The molecule has 20 heavy (non-hydrogen) atoms.